The zero-order valence-electron chi connectivity index (χ0n) is 16.8. The molecule has 0 saturated carbocycles. The molecule has 0 radical (unpaired) electrons. The van der Waals surface area contributed by atoms with Gasteiger partial charge >= 0.3 is 0 Å². The average Bonchev–Trinajstić information content (AvgIpc) is 3.25. The first-order valence-electron chi connectivity index (χ1n) is 9.98. The summed E-state index contributed by atoms with van der Waals surface area (Å²) in [6.07, 6.45) is 5.56. The molecule has 0 bridgehead atoms. The van der Waals surface area contributed by atoms with Crippen LogP contribution < -0.4 is 15.0 Å². The summed E-state index contributed by atoms with van der Waals surface area (Å²) in [5.74, 6) is 1.53. The Balaban J connectivity index is 1.42. The molecule has 2 aromatic heterocycles. The molecule has 7 heteroatoms. The number of hydrogen-bond acceptors (Lipinski definition) is 6. The number of nitrogens with one attached hydrogen (secondary N) is 1. The molecule has 5 rings (SSSR count). The van der Waals surface area contributed by atoms with Gasteiger partial charge in [0.05, 0.1) is 32.2 Å². The number of rotatable bonds is 5. The molecule has 1 saturated heterocycles. The Morgan fingerprint density at radius 1 is 1.03 bits per heavy atom. The van der Waals surface area contributed by atoms with Crippen LogP contribution in [-0.4, -0.2) is 47.8 Å². The number of nitrogens with zero attached hydrogens (tertiary/aromatic N) is 4. The van der Waals surface area contributed by atoms with Crippen molar-refractivity contribution in [2.75, 3.05) is 43.6 Å². The average molecular weight is 401 g/mol. The van der Waals surface area contributed by atoms with E-state index in [1.165, 1.54) is 5.69 Å². The van der Waals surface area contributed by atoms with Crippen LogP contribution in [0.2, 0.25) is 0 Å². The summed E-state index contributed by atoms with van der Waals surface area (Å²) in [5.41, 5.74) is 4.97. The minimum atomic E-state index is 0.714. The summed E-state index contributed by atoms with van der Waals surface area (Å²) < 4.78 is 12.8. The van der Waals surface area contributed by atoms with Gasteiger partial charge in [0.25, 0.3) is 0 Å². The largest absolute Gasteiger partial charge is 0.497 e. The van der Waals surface area contributed by atoms with Crippen molar-refractivity contribution in [2.45, 2.75) is 0 Å². The SMILES string of the molecule is COc1cccc(-c2cnc3c(Nc4ccc(N5CCOCC5)cc4)nccn23)c1. The summed E-state index contributed by atoms with van der Waals surface area (Å²) in [5, 5.41) is 3.40. The van der Waals surface area contributed by atoms with Crippen molar-refractivity contribution in [1.82, 2.24) is 14.4 Å². The lowest BCUT2D eigenvalue weighted by atomic mass is 10.1. The third-order valence-electron chi connectivity index (χ3n) is 5.30. The van der Waals surface area contributed by atoms with Crippen LogP contribution in [0.4, 0.5) is 17.2 Å². The van der Waals surface area contributed by atoms with E-state index in [1.807, 2.05) is 41.1 Å². The molecular formula is C23H23N5O2. The maximum atomic E-state index is 5.43. The van der Waals surface area contributed by atoms with Gasteiger partial charge in [-0.2, -0.15) is 0 Å². The highest BCUT2D eigenvalue weighted by atomic mass is 16.5. The fourth-order valence-electron chi connectivity index (χ4n) is 3.72. The van der Waals surface area contributed by atoms with E-state index < -0.39 is 0 Å². The van der Waals surface area contributed by atoms with E-state index in [0.717, 1.165) is 54.6 Å². The molecule has 1 aliphatic heterocycles. The van der Waals surface area contributed by atoms with Crippen LogP contribution in [0.15, 0.2) is 67.1 Å². The number of aromatic nitrogens is 3. The van der Waals surface area contributed by atoms with Gasteiger partial charge in [-0.25, -0.2) is 9.97 Å². The molecule has 30 heavy (non-hydrogen) atoms. The Kier molecular flexibility index (Phi) is 4.94. The Morgan fingerprint density at radius 2 is 1.87 bits per heavy atom. The smallest absolute Gasteiger partial charge is 0.180 e. The summed E-state index contributed by atoms with van der Waals surface area (Å²) in [7, 11) is 1.67. The van der Waals surface area contributed by atoms with Crippen LogP contribution in [-0.2, 0) is 4.74 Å². The molecule has 0 unspecified atom stereocenters. The predicted molar refractivity (Wildman–Crippen MR) is 118 cm³/mol. The molecule has 1 N–H and O–H groups in total. The number of imidazole rings is 1. The molecule has 152 valence electrons. The Labute approximate surface area is 174 Å². The maximum absolute atomic E-state index is 5.43. The highest BCUT2D eigenvalue weighted by molar-refractivity contribution is 5.75. The topological polar surface area (TPSA) is 63.9 Å². The lowest BCUT2D eigenvalue weighted by molar-refractivity contribution is 0.122. The zero-order chi connectivity index (χ0) is 20.3. The molecular weight excluding hydrogens is 378 g/mol. The molecule has 7 nitrogen and oxygen atoms in total. The lowest BCUT2D eigenvalue weighted by Crippen LogP contribution is -2.36. The van der Waals surface area contributed by atoms with E-state index in [2.05, 4.69) is 44.5 Å². The molecule has 0 aliphatic carbocycles. The van der Waals surface area contributed by atoms with Gasteiger partial charge in [-0.15, -0.1) is 0 Å². The van der Waals surface area contributed by atoms with Crippen molar-refractivity contribution >= 4 is 22.8 Å². The molecule has 0 amide bonds. The number of fused-ring (bicyclic) bond motifs is 1. The van der Waals surface area contributed by atoms with Gasteiger partial charge < -0.3 is 19.7 Å². The second-order valence-electron chi connectivity index (χ2n) is 7.12. The molecule has 0 spiro atoms. The summed E-state index contributed by atoms with van der Waals surface area (Å²) in [6, 6.07) is 16.4. The normalized spacial score (nSPS) is 14.1. The molecule has 4 aromatic rings. The number of benzene rings is 2. The van der Waals surface area contributed by atoms with Crippen LogP contribution in [0.1, 0.15) is 0 Å². The highest BCUT2D eigenvalue weighted by Crippen LogP contribution is 2.28. The molecule has 2 aromatic carbocycles. The third-order valence-corrected chi connectivity index (χ3v) is 5.30. The first-order chi connectivity index (χ1) is 14.8. The molecule has 0 atom stereocenters. The first kappa shape index (κ1) is 18.4. The van der Waals surface area contributed by atoms with Gasteiger partial charge in [0.1, 0.15) is 5.75 Å². The number of anilines is 3. The van der Waals surface area contributed by atoms with Crippen LogP contribution in [0, 0.1) is 0 Å². The molecule has 3 heterocycles. The van der Waals surface area contributed by atoms with Gasteiger partial charge in [0.15, 0.2) is 11.5 Å². The molecule has 1 fully saturated rings. The van der Waals surface area contributed by atoms with Crippen molar-refractivity contribution < 1.29 is 9.47 Å². The third kappa shape index (κ3) is 3.55. The fourth-order valence-corrected chi connectivity index (χ4v) is 3.72. The van der Waals surface area contributed by atoms with Crippen LogP contribution in [0.3, 0.4) is 0 Å². The highest BCUT2D eigenvalue weighted by Gasteiger charge is 2.13. The standard InChI is InChI=1S/C23H23N5O2/c1-29-20-4-2-3-17(15-20)21-16-25-23-22(24-9-10-28(21)23)26-18-5-7-19(8-6-18)27-11-13-30-14-12-27/h2-10,15-16H,11-14H2,1H3,(H,24,26). The van der Waals surface area contributed by atoms with E-state index in [0.29, 0.717) is 5.82 Å². The minimum absolute atomic E-state index is 0.714. The van der Waals surface area contributed by atoms with Gasteiger partial charge in [-0.3, -0.25) is 4.40 Å². The van der Waals surface area contributed by atoms with Gasteiger partial charge in [0, 0.05) is 42.4 Å². The van der Waals surface area contributed by atoms with Crippen LogP contribution >= 0.6 is 0 Å². The Bertz CT molecular complexity index is 1150. The van der Waals surface area contributed by atoms with Crippen molar-refractivity contribution in [3.8, 4) is 17.0 Å². The lowest BCUT2D eigenvalue weighted by Gasteiger charge is -2.28. The number of hydrogen-bond donors (Lipinski definition) is 1. The summed E-state index contributed by atoms with van der Waals surface area (Å²) in [6.45, 7) is 3.41. The Hall–Kier alpha value is -3.58. The quantitative estimate of drug-likeness (QED) is 0.546. The van der Waals surface area contributed by atoms with Crippen molar-refractivity contribution in [3.63, 3.8) is 0 Å². The monoisotopic (exact) mass is 401 g/mol. The fraction of sp³-hybridized carbons (Fsp3) is 0.217. The van der Waals surface area contributed by atoms with Gasteiger partial charge in [-0.05, 0) is 36.4 Å². The zero-order valence-corrected chi connectivity index (χ0v) is 16.8. The minimum Gasteiger partial charge on any atom is -0.497 e. The second-order valence-corrected chi connectivity index (χ2v) is 7.12. The predicted octanol–water partition coefficient (Wildman–Crippen LogP) is 3.99. The van der Waals surface area contributed by atoms with E-state index in [-0.39, 0.29) is 0 Å². The second kappa shape index (κ2) is 8.04. The van der Waals surface area contributed by atoms with Crippen molar-refractivity contribution in [2.24, 2.45) is 0 Å². The molecule has 1 aliphatic rings. The summed E-state index contributed by atoms with van der Waals surface area (Å²) >= 11 is 0. The van der Waals surface area contributed by atoms with Crippen molar-refractivity contribution in [3.05, 3.63) is 67.1 Å². The maximum Gasteiger partial charge on any atom is 0.180 e. The number of methoxy groups -OCH3 is 1. The van der Waals surface area contributed by atoms with Crippen LogP contribution in [0.25, 0.3) is 16.9 Å². The van der Waals surface area contributed by atoms with E-state index in [9.17, 15) is 0 Å². The Morgan fingerprint density at radius 3 is 2.67 bits per heavy atom. The van der Waals surface area contributed by atoms with Gasteiger partial charge in [0.2, 0.25) is 0 Å². The number of ether oxygens (including phenoxy) is 2. The van der Waals surface area contributed by atoms with Crippen molar-refractivity contribution in [1.29, 1.82) is 0 Å². The number of morpholine rings is 1. The van der Waals surface area contributed by atoms with E-state index >= 15 is 0 Å². The van der Waals surface area contributed by atoms with E-state index in [4.69, 9.17) is 9.47 Å². The summed E-state index contributed by atoms with van der Waals surface area (Å²) in [4.78, 5) is 11.5. The first-order valence-corrected chi connectivity index (χ1v) is 9.98. The van der Waals surface area contributed by atoms with Crippen LogP contribution in [0.5, 0.6) is 5.75 Å². The van der Waals surface area contributed by atoms with Gasteiger partial charge in [-0.1, -0.05) is 12.1 Å². The van der Waals surface area contributed by atoms with E-state index in [1.54, 1.807) is 13.3 Å².